The van der Waals surface area contributed by atoms with Crippen LogP contribution in [0.3, 0.4) is 0 Å². The molecule has 0 aliphatic rings. The van der Waals surface area contributed by atoms with Gasteiger partial charge in [-0.2, -0.15) is 0 Å². The Balaban J connectivity index is 2.18. The Hall–Kier alpha value is -2.30. The SMILES string of the molecule is Cc1cccc(CCNC(=O)NC/C=C/C(=O)O)c1. The minimum atomic E-state index is -1.03. The molecule has 0 heterocycles. The van der Waals surface area contributed by atoms with Crippen LogP contribution in [-0.4, -0.2) is 30.2 Å². The number of amides is 2. The Morgan fingerprint density at radius 3 is 2.79 bits per heavy atom. The minimum Gasteiger partial charge on any atom is -0.478 e. The Labute approximate surface area is 112 Å². The van der Waals surface area contributed by atoms with Gasteiger partial charge >= 0.3 is 12.0 Å². The van der Waals surface area contributed by atoms with Crippen LogP contribution in [-0.2, 0) is 11.2 Å². The first-order valence-corrected chi connectivity index (χ1v) is 6.04. The molecule has 0 aliphatic heterocycles. The molecule has 3 N–H and O–H groups in total. The van der Waals surface area contributed by atoms with Gasteiger partial charge in [0, 0.05) is 19.2 Å². The second kappa shape index (κ2) is 7.92. The summed E-state index contributed by atoms with van der Waals surface area (Å²) in [5, 5.41) is 13.6. The number of rotatable bonds is 6. The Morgan fingerprint density at radius 1 is 1.32 bits per heavy atom. The highest BCUT2D eigenvalue weighted by molar-refractivity contribution is 5.80. The summed E-state index contributed by atoms with van der Waals surface area (Å²) in [6.45, 7) is 2.76. The van der Waals surface area contributed by atoms with E-state index in [1.165, 1.54) is 17.2 Å². The Bertz CT molecular complexity index is 470. The predicted octanol–water partition coefficient (Wildman–Crippen LogP) is 1.48. The van der Waals surface area contributed by atoms with Crippen molar-refractivity contribution in [1.82, 2.24) is 10.6 Å². The molecule has 102 valence electrons. The second-order valence-electron chi connectivity index (χ2n) is 4.12. The van der Waals surface area contributed by atoms with Crippen LogP contribution in [0.2, 0.25) is 0 Å². The maximum Gasteiger partial charge on any atom is 0.328 e. The van der Waals surface area contributed by atoms with Crippen molar-refractivity contribution in [2.45, 2.75) is 13.3 Å². The van der Waals surface area contributed by atoms with E-state index in [4.69, 9.17) is 5.11 Å². The predicted molar refractivity (Wildman–Crippen MR) is 73.1 cm³/mol. The van der Waals surface area contributed by atoms with E-state index in [9.17, 15) is 9.59 Å². The highest BCUT2D eigenvalue weighted by atomic mass is 16.4. The van der Waals surface area contributed by atoms with Crippen LogP contribution in [0.25, 0.3) is 0 Å². The minimum absolute atomic E-state index is 0.197. The zero-order chi connectivity index (χ0) is 14.1. The lowest BCUT2D eigenvalue weighted by Gasteiger charge is -2.06. The van der Waals surface area contributed by atoms with Crippen molar-refractivity contribution < 1.29 is 14.7 Å². The van der Waals surface area contributed by atoms with Crippen LogP contribution in [0.15, 0.2) is 36.4 Å². The van der Waals surface area contributed by atoms with Crippen molar-refractivity contribution in [3.8, 4) is 0 Å². The Morgan fingerprint density at radius 2 is 2.11 bits per heavy atom. The first-order chi connectivity index (χ1) is 9.08. The number of nitrogens with one attached hydrogen (secondary N) is 2. The third kappa shape index (κ3) is 6.88. The zero-order valence-electron chi connectivity index (χ0n) is 10.8. The fraction of sp³-hybridized carbons (Fsp3) is 0.286. The molecule has 19 heavy (non-hydrogen) atoms. The van der Waals surface area contributed by atoms with Crippen molar-refractivity contribution in [1.29, 1.82) is 0 Å². The lowest BCUT2D eigenvalue weighted by molar-refractivity contribution is -0.131. The molecular weight excluding hydrogens is 244 g/mol. The summed E-state index contributed by atoms with van der Waals surface area (Å²) in [5.74, 6) is -1.03. The molecule has 5 heteroatoms. The lowest BCUT2D eigenvalue weighted by Crippen LogP contribution is -2.36. The van der Waals surface area contributed by atoms with Gasteiger partial charge in [0.2, 0.25) is 0 Å². The van der Waals surface area contributed by atoms with E-state index in [2.05, 4.69) is 16.7 Å². The molecule has 0 atom stereocenters. The number of aliphatic carboxylic acids is 1. The van der Waals surface area contributed by atoms with Crippen LogP contribution in [0.4, 0.5) is 4.79 Å². The normalized spacial score (nSPS) is 10.4. The van der Waals surface area contributed by atoms with Gasteiger partial charge in [-0.25, -0.2) is 9.59 Å². The number of benzene rings is 1. The van der Waals surface area contributed by atoms with E-state index < -0.39 is 5.97 Å². The molecule has 5 nitrogen and oxygen atoms in total. The molecule has 1 rings (SSSR count). The lowest BCUT2D eigenvalue weighted by atomic mass is 10.1. The van der Waals surface area contributed by atoms with Crippen molar-refractivity contribution in [3.63, 3.8) is 0 Å². The molecule has 0 bridgehead atoms. The van der Waals surface area contributed by atoms with Gasteiger partial charge in [-0.1, -0.05) is 35.9 Å². The summed E-state index contributed by atoms with van der Waals surface area (Å²) < 4.78 is 0. The number of hydrogen-bond acceptors (Lipinski definition) is 2. The highest BCUT2D eigenvalue weighted by Gasteiger charge is 1.98. The van der Waals surface area contributed by atoms with Crippen LogP contribution >= 0.6 is 0 Å². The molecule has 0 fully saturated rings. The second-order valence-corrected chi connectivity index (χ2v) is 4.12. The monoisotopic (exact) mass is 262 g/mol. The molecular formula is C14H18N2O3. The summed E-state index contributed by atoms with van der Waals surface area (Å²) >= 11 is 0. The van der Waals surface area contributed by atoms with E-state index in [1.54, 1.807) is 0 Å². The van der Waals surface area contributed by atoms with Crippen molar-refractivity contribution >= 4 is 12.0 Å². The topological polar surface area (TPSA) is 78.4 Å². The van der Waals surface area contributed by atoms with Crippen LogP contribution in [0.1, 0.15) is 11.1 Å². The molecule has 0 saturated heterocycles. The molecule has 1 aromatic carbocycles. The fourth-order valence-corrected chi connectivity index (χ4v) is 1.56. The number of aryl methyl sites for hydroxylation is 1. The average molecular weight is 262 g/mol. The Kier molecular flexibility index (Phi) is 6.15. The largest absolute Gasteiger partial charge is 0.478 e. The first-order valence-electron chi connectivity index (χ1n) is 6.04. The van der Waals surface area contributed by atoms with Crippen molar-refractivity contribution in [3.05, 3.63) is 47.5 Å². The van der Waals surface area contributed by atoms with Gasteiger partial charge < -0.3 is 15.7 Å². The molecule has 0 saturated carbocycles. The summed E-state index contributed by atoms with van der Waals surface area (Å²) in [6.07, 6.45) is 3.13. The quantitative estimate of drug-likeness (QED) is 0.679. The maximum absolute atomic E-state index is 11.3. The summed E-state index contributed by atoms with van der Waals surface area (Å²) in [4.78, 5) is 21.5. The number of carbonyl (C=O) groups is 2. The molecule has 0 unspecified atom stereocenters. The number of carboxylic acids is 1. The maximum atomic E-state index is 11.3. The fourth-order valence-electron chi connectivity index (χ4n) is 1.56. The third-order valence-corrected chi connectivity index (χ3v) is 2.42. The standard InChI is InChI=1S/C14H18N2O3/c1-11-4-2-5-12(10-11)7-9-16-14(19)15-8-3-6-13(17)18/h2-6,10H,7-9H2,1H3,(H,17,18)(H2,15,16,19)/b6-3+. The summed E-state index contributed by atoms with van der Waals surface area (Å²) in [6, 6.07) is 7.81. The number of carbonyl (C=O) groups excluding carboxylic acids is 1. The van der Waals surface area contributed by atoms with Gasteiger partial charge in [0.05, 0.1) is 0 Å². The molecule has 1 aromatic rings. The van der Waals surface area contributed by atoms with Crippen molar-refractivity contribution in [2.75, 3.05) is 13.1 Å². The zero-order valence-corrected chi connectivity index (χ0v) is 10.8. The van der Waals surface area contributed by atoms with Gasteiger partial charge in [0.1, 0.15) is 0 Å². The first kappa shape index (κ1) is 14.8. The molecule has 2 amide bonds. The van der Waals surface area contributed by atoms with E-state index in [1.807, 2.05) is 25.1 Å². The van der Waals surface area contributed by atoms with Gasteiger partial charge in [-0.05, 0) is 18.9 Å². The molecule has 0 aromatic heterocycles. The van der Waals surface area contributed by atoms with Gasteiger partial charge in [0.25, 0.3) is 0 Å². The number of urea groups is 1. The van der Waals surface area contributed by atoms with Crippen LogP contribution < -0.4 is 10.6 Å². The van der Waals surface area contributed by atoms with Gasteiger partial charge in [-0.15, -0.1) is 0 Å². The summed E-state index contributed by atoms with van der Waals surface area (Å²) in [7, 11) is 0. The third-order valence-electron chi connectivity index (χ3n) is 2.42. The molecule has 0 aliphatic carbocycles. The van der Waals surface area contributed by atoms with E-state index >= 15 is 0 Å². The molecule has 0 spiro atoms. The van der Waals surface area contributed by atoms with E-state index in [-0.39, 0.29) is 12.6 Å². The van der Waals surface area contributed by atoms with Crippen LogP contribution in [0.5, 0.6) is 0 Å². The summed E-state index contributed by atoms with van der Waals surface area (Å²) in [5.41, 5.74) is 2.37. The average Bonchev–Trinajstić information content (AvgIpc) is 2.34. The van der Waals surface area contributed by atoms with Crippen molar-refractivity contribution in [2.24, 2.45) is 0 Å². The highest BCUT2D eigenvalue weighted by Crippen LogP contribution is 2.03. The number of hydrogen-bond donors (Lipinski definition) is 3. The van der Waals surface area contributed by atoms with E-state index in [0.29, 0.717) is 6.54 Å². The van der Waals surface area contributed by atoms with E-state index in [0.717, 1.165) is 12.5 Å². The number of carboxylic acid groups (broad SMARTS) is 1. The van der Waals surface area contributed by atoms with Crippen LogP contribution in [0, 0.1) is 6.92 Å². The van der Waals surface area contributed by atoms with Gasteiger partial charge in [0.15, 0.2) is 0 Å². The van der Waals surface area contributed by atoms with Gasteiger partial charge in [-0.3, -0.25) is 0 Å². The molecule has 0 radical (unpaired) electrons. The smallest absolute Gasteiger partial charge is 0.328 e.